The molecular weight excluding hydrogens is 428 g/mol. The van der Waals surface area contributed by atoms with E-state index in [1.807, 2.05) is 36.4 Å². The van der Waals surface area contributed by atoms with Crippen molar-refractivity contribution in [2.24, 2.45) is 0 Å². The maximum atomic E-state index is 13.2. The van der Waals surface area contributed by atoms with Gasteiger partial charge in [0.05, 0.1) is 26.7 Å². The Balaban J connectivity index is 1.65. The normalized spacial score (nSPS) is 13.5. The van der Waals surface area contributed by atoms with Gasteiger partial charge in [0.25, 0.3) is 5.91 Å². The number of carbonyl (C=O) groups is 2. The van der Waals surface area contributed by atoms with Gasteiger partial charge < -0.3 is 19.7 Å². The van der Waals surface area contributed by atoms with E-state index in [-0.39, 0.29) is 18.2 Å². The van der Waals surface area contributed by atoms with Gasteiger partial charge in [0.1, 0.15) is 0 Å². The molecule has 0 fully saturated rings. The minimum absolute atomic E-state index is 0.0812. The van der Waals surface area contributed by atoms with Crippen LogP contribution in [-0.2, 0) is 11.3 Å². The summed E-state index contributed by atoms with van der Waals surface area (Å²) >= 11 is 5.93. The molecule has 0 radical (unpaired) electrons. The van der Waals surface area contributed by atoms with Gasteiger partial charge in [0, 0.05) is 22.8 Å². The van der Waals surface area contributed by atoms with Gasteiger partial charge in [-0.25, -0.2) is 0 Å². The van der Waals surface area contributed by atoms with E-state index in [2.05, 4.69) is 5.32 Å². The van der Waals surface area contributed by atoms with Crippen molar-refractivity contribution in [3.8, 4) is 11.5 Å². The minimum Gasteiger partial charge on any atom is -0.493 e. The molecule has 3 aromatic rings. The molecule has 1 N–H and O–H groups in total. The highest BCUT2D eigenvalue weighted by molar-refractivity contribution is 6.30. The molecule has 0 bridgehead atoms. The fourth-order valence-corrected chi connectivity index (χ4v) is 4.04. The summed E-state index contributed by atoms with van der Waals surface area (Å²) in [4.78, 5) is 27.9. The van der Waals surface area contributed by atoms with Crippen LogP contribution >= 0.6 is 11.6 Å². The number of rotatable bonds is 7. The van der Waals surface area contributed by atoms with E-state index in [0.717, 1.165) is 11.1 Å². The highest BCUT2D eigenvalue weighted by Crippen LogP contribution is 2.37. The quantitative estimate of drug-likeness (QED) is 0.544. The summed E-state index contributed by atoms with van der Waals surface area (Å²) in [6.45, 7) is 0.433. The Kier molecular flexibility index (Phi) is 6.32. The van der Waals surface area contributed by atoms with E-state index in [4.69, 9.17) is 21.1 Å². The van der Waals surface area contributed by atoms with Crippen molar-refractivity contribution >= 4 is 29.1 Å². The molecule has 0 saturated carbocycles. The van der Waals surface area contributed by atoms with Gasteiger partial charge in [-0.15, -0.1) is 0 Å². The molecule has 1 aliphatic heterocycles. The van der Waals surface area contributed by atoms with Gasteiger partial charge in [0.15, 0.2) is 11.5 Å². The van der Waals surface area contributed by atoms with Gasteiger partial charge in [-0.05, 0) is 53.6 Å². The average Bonchev–Trinajstić information content (AvgIpc) is 3.15. The predicted molar refractivity (Wildman–Crippen MR) is 123 cm³/mol. The number of anilines is 1. The number of hydrogen-bond donors (Lipinski definition) is 1. The summed E-state index contributed by atoms with van der Waals surface area (Å²) in [5.74, 6) is 0.810. The van der Waals surface area contributed by atoms with Crippen LogP contribution in [0.3, 0.4) is 0 Å². The lowest BCUT2D eigenvalue weighted by molar-refractivity contribution is -0.117. The first-order valence-corrected chi connectivity index (χ1v) is 10.5. The predicted octanol–water partition coefficient (Wildman–Crippen LogP) is 5.08. The maximum Gasteiger partial charge on any atom is 0.255 e. The Morgan fingerprint density at radius 2 is 1.75 bits per heavy atom. The van der Waals surface area contributed by atoms with E-state index in [1.165, 1.54) is 0 Å². The summed E-state index contributed by atoms with van der Waals surface area (Å²) in [5, 5.41) is 3.48. The highest BCUT2D eigenvalue weighted by Gasteiger charge is 2.34. The second-order valence-electron chi connectivity index (χ2n) is 7.48. The molecule has 0 saturated heterocycles. The zero-order valence-electron chi connectivity index (χ0n) is 17.8. The van der Waals surface area contributed by atoms with Crippen LogP contribution in [0.2, 0.25) is 5.02 Å². The van der Waals surface area contributed by atoms with Crippen LogP contribution in [0, 0.1) is 0 Å². The van der Waals surface area contributed by atoms with Crippen molar-refractivity contribution in [2.75, 3.05) is 19.5 Å². The number of hydrogen-bond acceptors (Lipinski definition) is 4. The largest absolute Gasteiger partial charge is 0.493 e. The lowest BCUT2D eigenvalue weighted by atomic mass is 10.0. The van der Waals surface area contributed by atoms with Crippen LogP contribution in [0.5, 0.6) is 11.5 Å². The van der Waals surface area contributed by atoms with Crippen molar-refractivity contribution < 1.29 is 19.1 Å². The number of halogens is 1. The summed E-state index contributed by atoms with van der Waals surface area (Å²) < 4.78 is 10.8. The molecule has 0 spiro atoms. The molecule has 0 unspecified atom stereocenters. The third kappa shape index (κ3) is 4.41. The molecule has 32 heavy (non-hydrogen) atoms. The fourth-order valence-electron chi connectivity index (χ4n) is 3.92. The number of ether oxygens (including phenoxy) is 2. The third-order valence-electron chi connectivity index (χ3n) is 5.52. The lowest BCUT2D eigenvalue weighted by Crippen LogP contribution is -2.32. The van der Waals surface area contributed by atoms with Crippen LogP contribution in [-0.4, -0.2) is 30.9 Å². The topological polar surface area (TPSA) is 67.9 Å². The first-order valence-electron chi connectivity index (χ1n) is 10.2. The minimum atomic E-state index is -0.484. The number of benzene rings is 3. The molecule has 0 aromatic heterocycles. The van der Waals surface area contributed by atoms with Crippen molar-refractivity contribution in [1.29, 1.82) is 0 Å². The molecule has 164 valence electrons. The Bertz CT molecular complexity index is 1150. The van der Waals surface area contributed by atoms with Crippen LogP contribution in [0.1, 0.15) is 33.9 Å². The van der Waals surface area contributed by atoms with Crippen molar-refractivity contribution in [1.82, 2.24) is 4.90 Å². The van der Waals surface area contributed by atoms with Gasteiger partial charge in [-0.3, -0.25) is 9.59 Å². The van der Waals surface area contributed by atoms with Crippen LogP contribution < -0.4 is 14.8 Å². The van der Waals surface area contributed by atoms with Gasteiger partial charge >= 0.3 is 0 Å². The summed E-state index contributed by atoms with van der Waals surface area (Å²) in [6.07, 6.45) is 0.0812. The number of methoxy groups -OCH3 is 2. The zero-order valence-corrected chi connectivity index (χ0v) is 18.6. The number of nitrogens with one attached hydrogen (secondary N) is 1. The van der Waals surface area contributed by atoms with Gasteiger partial charge in [-0.1, -0.05) is 35.9 Å². The zero-order chi connectivity index (χ0) is 22.7. The van der Waals surface area contributed by atoms with Crippen molar-refractivity contribution in [2.45, 2.75) is 19.0 Å². The first-order chi connectivity index (χ1) is 15.5. The number of amides is 2. The average molecular weight is 451 g/mol. The maximum absolute atomic E-state index is 13.2. The highest BCUT2D eigenvalue weighted by atomic mass is 35.5. The molecule has 2 amide bonds. The Labute approximate surface area is 191 Å². The summed E-state index contributed by atoms with van der Waals surface area (Å²) in [7, 11) is 3.12. The van der Waals surface area contributed by atoms with Crippen LogP contribution in [0.25, 0.3) is 0 Å². The van der Waals surface area contributed by atoms with Gasteiger partial charge in [-0.2, -0.15) is 0 Å². The molecule has 4 rings (SSSR count). The first kappa shape index (κ1) is 21.7. The number of nitrogens with zero attached hydrogens (tertiary/aromatic N) is 1. The molecular formula is C25H23ClN2O4. The summed E-state index contributed by atoms with van der Waals surface area (Å²) in [5.41, 5.74) is 3.04. The standard InChI is InChI=1S/C25H23ClN2O4/c1-31-22-12-7-16(13-23(22)32-2)21(14-24(29)27-19-10-8-18(26)9-11-19)28-15-17-5-3-4-6-20(17)25(28)30/h3-13,21H,14-15H2,1-2H3,(H,27,29)/t21-/m0/s1. The number of carbonyl (C=O) groups excluding carboxylic acids is 2. The Morgan fingerprint density at radius 3 is 2.44 bits per heavy atom. The van der Waals surface area contributed by atoms with E-state index in [0.29, 0.717) is 34.3 Å². The third-order valence-corrected chi connectivity index (χ3v) is 5.78. The fraction of sp³-hybridized carbons (Fsp3) is 0.200. The molecule has 7 heteroatoms. The van der Waals surface area contributed by atoms with E-state index in [9.17, 15) is 9.59 Å². The smallest absolute Gasteiger partial charge is 0.255 e. The van der Waals surface area contributed by atoms with E-state index < -0.39 is 6.04 Å². The number of fused-ring (bicyclic) bond motifs is 1. The molecule has 0 aliphatic carbocycles. The monoisotopic (exact) mass is 450 g/mol. The molecule has 1 atom stereocenters. The lowest BCUT2D eigenvalue weighted by Gasteiger charge is -2.28. The second kappa shape index (κ2) is 9.32. The molecule has 1 heterocycles. The molecule has 1 aliphatic rings. The second-order valence-corrected chi connectivity index (χ2v) is 7.92. The van der Waals surface area contributed by atoms with E-state index >= 15 is 0 Å². The summed E-state index contributed by atoms with van der Waals surface area (Å²) in [6, 6.07) is 19.4. The van der Waals surface area contributed by atoms with Crippen LogP contribution in [0.15, 0.2) is 66.7 Å². The molecule has 6 nitrogen and oxygen atoms in total. The van der Waals surface area contributed by atoms with E-state index in [1.54, 1.807) is 49.5 Å². The Hall–Kier alpha value is -3.51. The Morgan fingerprint density at radius 1 is 1.03 bits per heavy atom. The van der Waals surface area contributed by atoms with Gasteiger partial charge in [0.2, 0.25) is 5.91 Å². The van der Waals surface area contributed by atoms with Crippen LogP contribution in [0.4, 0.5) is 5.69 Å². The van der Waals surface area contributed by atoms with Crippen molar-refractivity contribution in [3.05, 3.63) is 88.4 Å². The van der Waals surface area contributed by atoms with Crippen molar-refractivity contribution in [3.63, 3.8) is 0 Å². The SMILES string of the molecule is COc1ccc([C@H](CC(=O)Nc2ccc(Cl)cc2)N2Cc3ccccc3C2=O)cc1OC. The molecule has 3 aromatic carbocycles.